The minimum Gasteiger partial charge on any atom is -0.493 e. The van der Waals surface area contributed by atoms with E-state index < -0.39 is 0 Å². The number of hydrogen-bond acceptors (Lipinski definition) is 4. The Bertz CT molecular complexity index is 358. The Labute approximate surface area is 107 Å². The SMILES string of the molecule is CCNCc1cc(Cl)c(OCOC)c(OC)c1. The monoisotopic (exact) mass is 259 g/mol. The normalized spacial score (nSPS) is 10.4. The van der Waals surface area contributed by atoms with Crippen molar-refractivity contribution in [2.45, 2.75) is 13.5 Å². The molecule has 0 aliphatic heterocycles. The molecule has 0 radical (unpaired) electrons. The van der Waals surface area contributed by atoms with E-state index in [4.69, 9.17) is 25.8 Å². The highest BCUT2D eigenvalue weighted by Gasteiger charge is 2.11. The predicted octanol–water partition coefficient (Wildman–Crippen LogP) is 2.44. The number of rotatable bonds is 7. The third-order valence-electron chi connectivity index (χ3n) is 2.19. The summed E-state index contributed by atoms with van der Waals surface area (Å²) in [7, 11) is 3.14. The molecule has 0 aliphatic carbocycles. The van der Waals surface area contributed by atoms with E-state index in [1.165, 1.54) is 0 Å². The lowest BCUT2D eigenvalue weighted by Gasteiger charge is -2.13. The van der Waals surface area contributed by atoms with E-state index in [9.17, 15) is 0 Å². The Hall–Kier alpha value is -0.970. The lowest BCUT2D eigenvalue weighted by atomic mass is 10.2. The highest BCUT2D eigenvalue weighted by atomic mass is 35.5. The average molecular weight is 260 g/mol. The lowest BCUT2D eigenvalue weighted by Crippen LogP contribution is -2.12. The van der Waals surface area contributed by atoms with Gasteiger partial charge in [0.1, 0.15) is 0 Å². The molecule has 0 aromatic heterocycles. The zero-order valence-electron chi connectivity index (χ0n) is 10.4. The molecule has 0 bridgehead atoms. The molecule has 5 heteroatoms. The molecule has 0 fully saturated rings. The zero-order valence-corrected chi connectivity index (χ0v) is 11.1. The number of nitrogens with one attached hydrogen (secondary N) is 1. The summed E-state index contributed by atoms with van der Waals surface area (Å²) in [6.45, 7) is 3.84. The van der Waals surface area contributed by atoms with Crippen LogP contribution in [0, 0.1) is 0 Å². The third kappa shape index (κ3) is 4.07. The number of ether oxygens (including phenoxy) is 3. The van der Waals surface area contributed by atoms with Crippen molar-refractivity contribution in [3.63, 3.8) is 0 Å². The second-order valence-electron chi connectivity index (χ2n) is 3.44. The zero-order chi connectivity index (χ0) is 12.7. The molecule has 0 heterocycles. The summed E-state index contributed by atoms with van der Waals surface area (Å²) < 4.78 is 15.5. The Morgan fingerprint density at radius 3 is 2.65 bits per heavy atom. The van der Waals surface area contributed by atoms with Gasteiger partial charge in [0, 0.05) is 13.7 Å². The van der Waals surface area contributed by atoms with Crippen LogP contribution in [-0.4, -0.2) is 27.6 Å². The second-order valence-corrected chi connectivity index (χ2v) is 3.85. The maximum atomic E-state index is 6.14. The fourth-order valence-corrected chi connectivity index (χ4v) is 1.69. The standard InChI is InChI=1S/C12H18ClNO3/c1-4-14-7-9-5-10(13)12(17-8-15-2)11(6-9)16-3/h5-6,14H,4,7-8H2,1-3H3. The molecule has 1 aromatic carbocycles. The van der Waals surface area contributed by atoms with E-state index in [1.54, 1.807) is 14.2 Å². The van der Waals surface area contributed by atoms with Gasteiger partial charge in [0.25, 0.3) is 0 Å². The summed E-state index contributed by atoms with van der Waals surface area (Å²) in [5.41, 5.74) is 1.05. The van der Waals surface area contributed by atoms with Crippen molar-refractivity contribution < 1.29 is 14.2 Å². The van der Waals surface area contributed by atoms with Crippen LogP contribution < -0.4 is 14.8 Å². The van der Waals surface area contributed by atoms with E-state index >= 15 is 0 Å². The smallest absolute Gasteiger partial charge is 0.188 e. The van der Waals surface area contributed by atoms with Gasteiger partial charge in [0.15, 0.2) is 18.3 Å². The van der Waals surface area contributed by atoms with Crippen LogP contribution in [0.1, 0.15) is 12.5 Å². The number of benzene rings is 1. The van der Waals surface area contributed by atoms with Crippen LogP contribution in [0.4, 0.5) is 0 Å². The molecule has 1 aromatic rings. The topological polar surface area (TPSA) is 39.7 Å². The minimum atomic E-state index is 0.142. The predicted molar refractivity (Wildman–Crippen MR) is 67.9 cm³/mol. The number of hydrogen-bond donors (Lipinski definition) is 1. The van der Waals surface area contributed by atoms with Crippen molar-refractivity contribution in [3.8, 4) is 11.5 Å². The van der Waals surface area contributed by atoms with Gasteiger partial charge in [0.2, 0.25) is 0 Å². The van der Waals surface area contributed by atoms with E-state index in [0.29, 0.717) is 16.5 Å². The van der Waals surface area contributed by atoms with Crippen molar-refractivity contribution in [2.75, 3.05) is 27.6 Å². The third-order valence-corrected chi connectivity index (χ3v) is 2.47. The fraction of sp³-hybridized carbons (Fsp3) is 0.500. The lowest BCUT2D eigenvalue weighted by molar-refractivity contribution is 0.0492. The molecule has 0 unspecified atom stereocenters. The Morgan fingerprint density at radius 1 is 1.29 bits per heavy atom. The van der Waals surface area contributed by atoms with Crippen molar-refractivity contribution in [1.82, 2.24) is 5.32 Å². The molecule has 0 spiro atoms. The van der Waals surface area contributed by atoms with Gasteiger partial charge >= 0.3 is 0 Å². The highest BCUT2D eigenvalue weighted by Crippen LogP contribution is 2.36. The Morgan fingerprint density at radius 2 is 2.06 bits per heavy atom. The van der Waals surface area contributed by atoms with Gasteiger partial charge in [-0.25, -0.2) is 0 Å². The summed E-state index contributed by atoms with van der Waals surface area (Å²) >= 11 is 6.14. The van der Waals surface area contributed by atoms with Gasteiger partial charge in [0.05, 0.1) is 12.1 Å². The molecular formula is C12H18ClNO3. The maximum Gasteiger partial charge on any atom is 0.188 e. The van der Waals surface area contributed by atoms with Crippen LogP contribution in [0.3, 0.4) is 0 Å². The van der Waals surface area contributed by atoms with Gasteiger partial charge < -0.3 is 19.5 Å². The van der Waals surface area contributed by atoms with E-state index in [2.05, 4.69) is 12.2 Å². The van der Waals surface area contributed by atoms with E-state index in [-0.39, 0.29) is 6.79 Å². The summed E-state index contributed by atoms with van der Waals surface area (Å²) in [6, 6.07) is 3.76. The maximum absolute atomic E-state index is 6.14. The molecule has 1 N–H and O–H groups in total. The molecule has 4 nitrogen and oxygen atoms in total. The molecule has 0 saturated heterocycles. The molecule has 0 saturated carbocycles. The van der Waals surface area contributed by atoms with Gasteiger partial charge in [-0.05, 0) is 24.2 Å². The molecule has 17 heavy (non-hydrogen) atoms. The van der Waals surface area contributed by atoms with Gasteiger partial charge in [-0.2, -0.15) is 0 Å². The van der Waals surface area contributed by atoms with Crippen LogP contribution in [0.5, 0.6) is 11.5 Å². The molecule has 0 atom stereocenters. The highest BCUT2D eigenvalue weighted by molar-refractivity contribution is 6.32. The first kappa shape index (κ1) is 14.1. The molecular weight excluding hydrogens is 242 g/mol. The van der Waals surface area contributed by atoms with Gasteiger partial charge in [-0.1, -0.05) is 18.5 Å². The van der Waals surface area contributed by atoms with Crippen molar-refractivity contribution in [2.24, 2.45) is 0 Å². The minimum absolute atomic E-state index is 0.142. The summed E-state index contributed by atoms with van der Waals surface area (Å²) in [4.78, 5) is 0. The first-order chi connectivity index (χ1) is 8.22. The summed E-state index contributed by atoms with van der Waals surface area (Å²) in [5, 5.41) is 3.75. The van der Waals surface area contributed by atoms with Crippen LogP contribution in [-0.2, 0) is 11.3 Å². The Kier molecular flexibility index (Phi) is 6.11. The van der Waals surface area contributed by atoms with Crippen LogP contribution >= 0.6 is 11.6 Å². The number of halogens is 1. The van der Waals surface area contributed by atoms with Crippen molar-refractivity contribution >= 4 is 11.6 Å². The van der Waals surface area contributed by atoms with Gasteiger partial charge in [-0.3, -0.25) is 0 Å². The molecule has 0 amide bonds. The van der Waals surface area contributed by atoms with Crippen molar-refractivity contribution in [3.05, 3.63) is 22.7 Å². The number of methoxy groups -OCH3 is 2. The second kappa shape index (κ2) is 7.37. The van der Waals surface area contributed by atoms with E-state index in [1.807, 2.05) is 12.1 Å². The molecule has 1 rings (SSSR count). The van der Waals surface area contributed by atoms with Crippen molar-refractivity contribution in [1.29, 1.82) is 0 Å². The average Bonchev–Trinajstić information content (AvgIpc) is 2.34. The van der Waals surface area contributed by atoms with E-state index in [0.717, 1.165) is 18.7 Å². The largest absolute Gasteiger partial charge is 0.493 e. The summed E-state index contributed by atoms with van der Waals surface area (Å²) in [5.74, 6) is 1.12. The van der Waals surface area contributed by atoms with Gasteiger partial charge in [-0.15, -0.1) is 0 Å². The summed E-state index contributed by atoms with van der Waals surface area (Å²) in [6.07, 6.45) is 0. The first-order valence-corrected chi connectivity index (χ1v) is 5.79. The van der Waals surface area contributed by atoms with Crippen LogP contribution in [0.2, 0.25) is 5.02 Å². The fourth-order valence-electron chi connectivity index (χ4n) is 1.40. The first-order valence-electron chi connectivity index (χ1n) is 5.41. The molecule has 0 aliphatic rings. The van der Waals surface area contributed by atoms with Crippen LogP contribution in [0.15, 0.2) is 12.1 Å². The Balaban J connectivity index is 2.90. The molecule has 96 valence electrons. The quantitative estimate of drug-likeness (QED) is 0.764. The van der Waals surface area contributed by atoms with Crippen LogP contribution in [0.25, 0.3) is 0 Å².